The second-order valence-corrected chi connectivity index (χ2v) is 10.3. The molecule has 0 spiro atoms. The number of amides is 1. The maximum absolute atomic E-state index is 13.5. The van der Waals surface area contributed by atoms with Gasteiger partial charge in [-0.1, -0.05) is 18.0 Å². The molecule has 2 N–H and O–H groups in total. The molecule has 40 heavy (non-hydrogen) atoms. The number of anilines is 1. The molecule has 0 saturated carbocycles. The molecule has 2 fully saturated rings. The van der Waals surface area contributed by atoms with E-state index in [0.717, 1.165) is 32.4 Å². The van der Waals surface area contributed by atoms with Gasteiger partial charge in [0, 0.05) is 43.0 Å². The molecule has 13 heteroatoms. The number of carbonyl (C=O) groups excluding carboxylic acids is 1. The van der Waals surface area contributed by atoms with Gasteiger partial charge in [-0.2, -0.15) is 13.2 Å². The maximum Gasteiger partial charge on any atom is 0.451 e. The summed E-state index contributed by atoms with van der Waals surface area (Å²) in [4.78, 5) is 29.4. The lowest BCUT2D eigenvalue weighted by atomic mass is 10.0. The number of carbonyl (C=O) groups is 1. The van der Waals surface area contributed by atoms with Crippen LogP contribution in [0.2, 0.25) is 5.02 Å². The standard InChI is InChI=1S/C27H30ClF3N6O3/c28-20-5-6-21-19(4-7-23(35-21)37-10-11-40-18(15-37)16-38)24(20)25(39)32-14-22(36-8-2-1-3-9-36)17-12-33-26(34-13-17)27(29,30)31/h4-7,12-13,18,22,38H,1-3,8-11,14-16H2,(H,32,39). The van der Waals surface area contributed by atoms with E-state index < -0.39 is 23.9 Å². The first-order valence-electron chi connectivity index (χ1n) is 13.2. The van der Waals surface area contributed by atoms with Crippen molar-refractivity contribution in [2.75, 3.05) is 50.8 Å². The molecular formula is C27H30ClF3N6O3. The Morgan fingerprint density at radius 3 is 2.58 bits per heavy atom. The van der Waals surface area contributed by atoms with Crippen LogP contribution in [0.15, 0.2) is 36.7 Å². The number of aromatic nitrogens is 3. The Labute approximate surface area is 234 Å². The van der Waals surface area contributed by atoms with Crippen LogP contribution in [0.5, 0.6) is 0 Å². The van der Waals surface area contributed by atoms with Crippen molar-refractivity contribution >= 4 is 34.2 Å². The number of ether oxygens (including phenoxy) is 1. The van der Waals surface area contributed by atoms with Crippen LogP contribution in [0.25, 0.3) is 10.9 Å². The minimum Gasteiger partial charge on any atom is -0.394 e. The van der Waals surface area contributed by atoms with Crippen molar-refractivity contribution in [2.45, 2.75) is 37.6 Å². The van der Waals surface area contributed by atoms with Crippen LogP contribution in [0.1, 0.15) is 47.1 Å². The van der Waals surface area contributed by atoms with Crippen molar-refractivity contribution in [1.29, 1.82) is 0 Å². The molecule has 3 aromatic rings. The number of aliphatic hydroxyl groups excluding tert-OH is 1. The van der Waals surface area contributed by atoms with Crippen LogP contribution in [-0.4, -0.2) is 82.9 Å². The minimum absolute atomic E-state index is 0.0823. The van der Waals surface area contributed by atoms with Gasteiger partial charge in [0.25, 0.3) is 5.91 Å². The van der Waals surface area contributed by atoms with E-state index in [0.29, 0.717) is 42.0 Å². The number of benzene rings is 1. The molecule has 5 rings (SSSR count). The van der Waals surface area contributed by atoms with E-state index in [1.54, 1.807) is 18.2 Å². The molecule has 9 nitrogen and oxygen atoms in total. The van der Waals surface area contributed by atoms with Crippen molar-refractivity contribution in [3.05, 3.63) is 58.6 Å². The third-order valence-electron chi connectivity index (χ3n) is 7.30. The van der Waals surface area contributed by atoms with E-state index in [4.69, 9.17) is 21.3 Å². The molecule has 2 aliphatic heterocycles. The van der Waals surface area contributed by atoms with Gasteiger partial charge in [-0.25, -0.2) is 15.0 Å². The molecule has 0 radical (unpaired) electrons. The average molecular weight is 579 g/mol. The highest BCUT2D eigenvalue weighted by molar-refractivity contribution is 6.35. The normalized spacial score (nSPS) is 19.5. The van der Waals surface area contributed by atoms with Gasteiger partial charge in [0.15, 0.2) is 0 Å². The Morgan fingerprint density at radius 2 is 1.88 bits per heavy atom. The Balaban J connectivity index is 1.37. The maximum atomic E-state index is 13.5. The molecule has 214 valence electrons. The molecule has 1 aromatic carbocycles. The number of hydrogen-bond acceptors (Lipinski definition) is 8. The largest absolute Gasteiger partial charge is 0.451 e. The average Bonchev–Trinajstić information content (AvgIpc) is 2.97. The number of aliphatic hydroxyl groups is 1. The summed E-state index contributed by atoms with van der Waals surface area (Å²) in [7, 11) is 0. The smallest absolute Gasteiger partial charge is 0.394 e. The number of fused-ring (bicyclic) bond motifs is 1. The monoisotopic (exact) mass is 578 g/mol. The predicted octanol–water partition coefficient (Wildman–Crippen LogP) is 3.85. The van der Waals surface area contributed by atoms with Gasteiger partial charge < -0.3 is 20.1 Å². The highest BCUT2D eigenvalue weighted by atomic mass is 35.5. The fourth-order valence-corrected chi connectivity index (χ4v) is 5.48. The highest BCUT2D eigenvalue weighted by Gasteiger charge is 2.35. The lowest BCUT2D eigenvalue weighted by molar-refractivity contribution is -0.145. The van der Waals surface area contributed by atoms with E-state index >= 15 is 0 Å². The van der Waals surface area contributed by atoms with Crippen molar-refractivity contribution < 1.29 is 27.8 Å². The predicted molar refractivity (Wildman–Crippen MR) is 143 cm³/mol. The summed E-state index contributed by atoms with van der Waals surface area (Å²) in [5.41, 5.74) is 1.36. The van der Waals surface area contributed by atoms with Crippen molar-refractivity contribution in [3.8, 4) is 0 Å². The zero-order chi connectivity index (χ0) is 28.3. The quantitative estimate of drug-likeness (QED) is 0.436. The molecule has 2 saturated heterocycles. The number of alkyl halides is 3. The fourth-order valence-electron chi connectivity index (χ4n) is 5.23. The molecule has 2 aliphatic rings. The Morgan fingerprint density at radius 1 is 1.12 bits per heavy atom. The van der Waals surface area contributed by atoms with Gasteiger partial charge in [-0.15, -0.1) is 0 Å². The molecule has 2 aromatic heterocycles. The third-order valence-corrected chi connectivity index (χ3v) is 7.61. The number of likely N-dealkylation sites (tertiary alicyclic amines) is 1. The number of halogens is 4. The first-order valence-corrected chi connectivity index (χ1v) is 13.6. The molecule has 2 atom stereocenters. The first-order chi connectivity index (χ1) is 19.2. The number of rotatable bonds is 7. The Bertz CT molecular complexity index is 1340. The van der Waals surface area contributed by atoms with Crippen molar-refractivity contribution in [1.82, 2.24) is 25.2 Å². The Hall–Kier alpha value is -3.06. The van der Waals surface area contributed by atoms with E-state index in [-0.39, 0.29) is 29.8 Å². The minimum atomic E-state index is -4.63. The summed E-state index contributed by atoms with van der Waals surface area (Å²) in [5, 5.41) is 13.2. The zero-order valence-corrected chi connectivity index (χ0v) is 22.5. The van der Waals surface area contributed by atoms with Crippen LogP contribution in [0.3, 0.4) is 0 Å². The molecule has 2 unspecified atom stereocenters. The van der Waals surface area contributed by atoms with Crippen LogP contribution in [0.4, 0.5) is 19.0 Å². The van der Waals surface area contributed by atoms with Gasteiger partial charge in [0.2, 0.25) is 5.82 Å². The van der Waals surface area contributed by atoms with Gasteiger partial charge >= 0.3 is 6.18 Å². The lowest BCUT2D eigenvalue weighted by Gasteiger charge is -2.34. The summed E-state index contributed by atoms with van der Waals surface area (Å²) in [6.07, 6.45) is 0.434. The SMILES string of the molecule is O=C(NCC(c1cnc(C(F)(F)F)nc1)N1CCCCC1)c1c(Cl)ccc2nc(N3CCOC(CO)C3)ccc12. The number of morpholine rings is 1. The van der Waals surface area contributed by atoms with E-state index in [1.807, 2.05) is 11.0 Å². The molecule has 4 heterocycles. The van der Waals surface area contributed by atoms with Crippen molar-refractivity contribution in [2.24, 2.45) is 0 Å². The Kier molecular flexibility index (Phi) is 8.69. The third kappa shape index (κ3) is 6.30. The second kappa shape index (κ2) is 12.2. The van der Waals surface area contributed by atoms with Crippen LogP contribution < -0.4 is 10.2 Å². The summed E-state index contributed by atoms with van der Waals surface area (Å²) in [6, 6.07) is 6.58. The number of hydrogen-bond donors (Lipinski definition) is 2. The summed E-state index contributed by atoms with van der Waals surface area (Å²) < 4.78 is 44.6. The lowest BCUT2D eigenvalue weighted by Crippen LogP contribution is -2.44. The number of pyridine rings is 1. The van der Waals surface area contributed by atoms with Crippen LogP contribution >= 0.6 is 11.6 Å². The fraction of sp³-hybridized carbons (Fsp3) is 0.481. The van der Waals surface area contributed by atoms with E-state index in [2.05, 4.69) is 20.2 Å². The zero-order valence-electron chi connectivity index (χ0n) is 21.7. The topological polar surface area (TPSA) is 104 Å². The number of nitrogens with zero attached hydrogens (tertiary/aromatic N) is 5. The van der Waals surface area contributed by atoms with Crippen LogP contribution in [-0.2, 0) is 10.9 Å². The van der Waals surface area contributed by atoms with Gasteiger partial charge in [-0.05, 0) is 50.2 Å². The highest BCUT2D eigenvalue weighted by Crippen LogP contribution is 2.30. The van der Waals surface area contributed by atoms with Gasteiger partial charge in [0.1, 0.15) is 5.82 Å². The number of piperidine rings is 1. The first kappa shape index (κ1) is 28.5. The van der Waals surface area contributed by atoms with E-state index in [1.165, 1.54) is 12.4 Å². The number of nitrogens with one attached hydrogen (secondary N) is 1. The molecule has 1 amide bonds. The molecular weight excluding hydrogens is 549 g/mol. The summed E-state index contributed by atoms with van der Waals surface area (Å²) >= 11 is 6.49. The van der Waals surface area contributed by atoms with E-state index in [9.17, 15) is 23.1 Å². The summed E-state index contributed by atoms with van der Waals surface area (Å²) in [6.45, 7) is 3.16. The van der Waals surface area contributed by atoms with Crippen molar-refractivity contribution in [3.63, 3.8) is 0 Å². The molecule has 0 aliphatic carbocycles. The summed E-state index contributed by atoms with van der Waals surface area (Å²) in [5.74, 6) is -0.904. The van der Waals surface area contributed by atoms with Crippen LogP contribution in [0, 0.1) is 0 Å². The molecule has 0 bridgehead atoms. The van der Waals surface area contributed by atoms with Gasteiger partial charge in [0.05, 0.1) is 41.5 Å². The van der Waals surface area contributed by atoms with Gasteiger partial charge in [-0.3, -0.25) is 9.69 Å². The second-order valence-electron chi connectivity index (χ2n) is 9.94.